The fraction of sp³-hybridized carbons (Fsp3) is 0.654. The van der Waals surface area contributed by atoms with Gasteiger partial charge < -0.3 is 9.47 Å². The van der Waals surface area contributed by atoms with E-state index in [2.05, 4.69) is 26.0 Å². The summed E-state index contributed by atoms with van der Waals surface area (Å²) in [6.45, 7) is 6.88. The van der Waals surface area contributed by atoms with Gasteiger partial charge in [-0.15, -0.1) is 0 Å². The first-order valence-electron chi connectivity index (χ1n) is 11.7. The van der Waals surface area contributed by atoms with Crippen molar-refractivity contribution in [2.75, 3.05) is 6.61 Å². The standard InChI is InChI=1S/C26H40O3/c1-4-6-7-10-22-12-14-23(15-13-22)11-8-20-28-25-18-16-24(17-19-25)26(27)29-21(3)9-5-2/h8,11,16-19,21-23H,4-7,9-10,12-15,20H2,1-3H3/b11-8+/t21?,22-,23-. The number of hydrogen-bond acceptors (Lipinski definition) is 3. The molecule has 0 radical (unpaired) electrons. The van der Waals surface area contributed by atoms with Crippen molar-refractivity contribution in [3.05, 3.63) is 42.0 Å². The van der Waals surface area contributed by atoms with Gasteiger partial charge in [0.2, 0.25) is 0 Å². The lowest BCUT2D eigenvalue weighted by Crippen LogP contribution is -2.14. The summed E-state index contributed by atoms with van der Waals surface area (Å²) in [7, 11) is 0. The van der Waals surface area contributed by atoms with E-state index < -0.39 is 0 Å². The summed E-state index contributed by atoms with van der Waals surface area (Å²) in [6, 6.07) is 7.24. The molecule has 0 amide bonds. The summed E-state index contributed by atoms with van der Waals surface area (Å²) in [5.41, 5.74) is 0.576. The van der Waals surface area contributed by atoms with E-state index in [9.17, 15) is 4.79 Å². The van der Waals surface area contributed by atoms with Crippen molar-refractivity contribution in [3.8, 4) is 5.75 Å². The molecule has 1 aromatic rings. The van der Waals surface area contributed by atoms with Gasteiger partial charge in [0, 0.05) is 0 Å². The summed E-state index contributed by atoms with van der Waals surface area (Å²) in [4.78, 5) is 12.1. The van der Waals surface area contributed by atoms with Crippen LogP contribution in [0.2, 0.25) is 0 Å². The van der Waals surface area contributed by atoms with Gasteiger partial charge in [-0.2, -0.15) is 0 Å². The maximum Gasteiger partial charge on any atom is 0.338 e. The Kier molecular flexibility index (Phi) is 10.9. The Labute approximate surface area is 177 Å². The van der Waals surface area contributed by atoms with Crippen molar-refractivity contribution in [3.63, 3.8) is 0 Å². The van der Waals surface area contributed by atoms with Crippen molar-refractivity contribution >= 4 is 5.97 Å². The lowest BCUT2D eigenvalue weighted by atomic mass is 9.79. The third-order valence-electron chi connectivity index (χ3n) is 5.96. The van der Waals surface area contributed by atoms with Gasteiger partial charge in [-0.1, -0.05) is 58.1 Å². The summed E-state index contributed by atoms with van der Waals surface area (Å²) in [6.07, 6.45) is 17.3. The summed E-state index contributed by atoms with van der Waals surface area (Å²) in [5.74, 6) is 2.19. The molecule has 0 heterocycles. The van der Waals surface area contributed by atoms with E-state index in [0.717, 1.165) is 24.5 Å². The Morgan fingerprint density at radius 3 is 2.45 bits per heavy atom. The fourth-order valence-corrected chi connectivity index (χ4v) is 4.15. The number of carbonyl (C=O) groups excluding carboxylic acids is 1. The second-order valence-electron chi connectivity index (χ2n) is 8.54. The van der Waals surface area contributed by atoms with Crippen molar-refractivity contribution in [2.45, 2.75) is 91.1 Å². The van der Waals surface area contributed by atoms with Crippen LogP contribution in [0.4, 0.5) is 0 Å². The SMILES string of the molecule is CCCCC[C@H]1CC[C@H](/C=C/COc2ccc(C(=O)OC(C)CCC)cc2)CC1. The predicted molar refractivity (Wildman–Crippen MR) is 120 cm³/mol. The molecule has 3 nitrogen and oxygen atoms in total. The van der Waals surface area contributed by atoms with Gasteiger partial charge in [-0.05, 0) is 75.1 Å². The Bertz CT molecular complexity index is 597. The average Bonchev–Trinajstić information content (AvgIpc) is 2.73. The fourth-order valence-electron chi connectivity index (χ4n) is 4.15. The van der Waals surface area contributed by atoms with Crippen LogP contribution in [0.15, 0.2) is 36.4 Å². The van der Waals surface area contributed by atoms with Crippen LogP contribution in [-0.2, 0) is 4.74 Å². The van der Waals surface area contributed by atoms with E-state index >= 15 is 0 Å². The predicted octanol–water partition coefficient (Wildman–Crippen LogP) is 7.35. The van der Waals surface area contributed by atoms with Gasteiger partial charge in [-0.25, -0.2) is 4.79 Å². The maximum atomic E-state index is 12.1. The minimum Gasteiger partial charge on any atom is -0.490 e. The molecule has 162 valence electrons. The number of benzene rings is 1. The van der Waals surface area contributed by atoms with E-state index in [-0.39, 0.29) is 12.1 Å². The third-order valence-corrected chi connectivity index (χ3v) is 5.96. The first kappa shape index (κ1) is 23.5. The van der Waals surface area contributed by atoms with E-state index in [1.165, 1.54) is 51.4 Å². The van der Waals surface area contributed by atoms with Crippen molar-refractivity contribution < 1.29 is 14.3 Å². The monoisotopic (exact) mass is 400 g/mol. The Hall–Kier alpha value is -1.77. The zero-order valence-electron chi connectivity index (χ0n) is 18.7. The largest absolute Gasteiger partial charge is 0.490 e. The first-order valence-corrected chi connectivity index (χ1v) is 11.7. The van der Waals surface area contributed by atoms with Crippen molar-refractivity contribution in [2.24, 2.45) is 11.8 Å². The molecule has 1 atom stereocenters. The quantitative estimate of drug-likeness (QED) is 0.209. The number of carbonyl (C=O) groups is 1. The maximum absolute atomic E-state index is 12.1. The van der Waals surface area contributed by atoms with Gasteiger partial charge in [0.1, 0.15) is 12.4 Å². The van der Waals surface area contributed by atoms with Crippen LogP contribution in [0.5, 0.6) is 5.75 Å². The van der Waals surface area contributed by atoms with Gasteiger partial charge in [0.25, 0.3) is 0 Å². The molecule has 3 heteroatoms. The lowest BCUT2D eigenvalue weighted by molar-refractivity contribution is 0.0323. The van der Waals surface area contributed by atoms with Crippen LogP contribution in [-0.4, -0.2) is 18.7 Å². The van der Waals surface area contributed by atoms with Gasteiger partial charge in [-0.3, -0.25) is 0 Å². The van der Waals surface area contributed by atoms with Gasteiger partial charge in [0.05, 0.1) is 11.7 Å². The van der Waals surface area contributed by atoms with Crippen molar-refractivity contribution in [1.82, 2.24) is 0 Å². The normalized spacial score (nSPS) is 20.5. The number of ether oxygens (including phenoxy) is 2. The highest BCUT2D eigenvalue weighted by Gasteiger charge is 2.18. The Balaban J connectivity index is 1.65. The van der Waals surface area contributed by atoms with Crippen LogP contribution < -0.4 is 4.74 Å². The number of unbranched alkanes of at least 4 members (excludes halogenated alkanes) is 2. The molecular formula is C26H40O3. The van der Waals surface area contributed by atoms with Crippen LogP contribution in [0, 0.1) is 11.8 Å². The van der Waals surface area contributed by atoms with Crippen LogP contribution >= 0.6 is 0 Å². The second-order valence-corrected chi connectivity index (χ2v) is 8.54. The highest BCUT2D eigenvalue weighted by atomic mass is 16.5. The van der Waals surface area contributed by atoms with E-state index in [0.29, 0.717) is 18.1 Å². The van der Waals surface area contributed by atoms with E-state index in [4.69, 9.17) is 9.47 Å². The van der Waals surface area contributed by atoms with Crippen LogP contribution in [0.3, 0.4) is 0 Å². The Morgan fingerprint density at radius 2 is 1.79 bits per heavy atom. The molecule has 1 aliphatic carbocycles. The molecule has 1 fully saturated rings. The van der Waals surface area contributed by atoms with Crippen molar-refractivity contribution in [1.29, 1.82) is 0 Å². The van der Waals surface area contributed by atoms with Gasteiger partial charge in [0.15, 0.2) is 0 Å². The van der Waals surface area contributed by atoms with E-state index in [1.54, 1.807) is 12.1 Å². The molecule has 0 bridgehead atoms. The van der Waals surface area contributed by atoms with Crippen LogP contribution in [0.1, 0.15) is 95.3 Å². The molecule has 1 aromatic carbocycles. The minimum absolute atomic E-state index is 0.0417. The van der Waals surface area contributed by atoms with E-state index in [1.807, 2.05) is 19.1 Å². The van der Waals surface area contributed by atoms with Crippen LogP contribution in [0.25, 0.3) is 0 Å². The zero-order valence-corrected chi connectivity index (χ0v) is 18.7. The number of allylic oxidation sites excluding steroid dienone is 1. The second kappa shape index (κ2) is 13.5. The summed E-state index contributed by atoms with van der Waals surface area (Å²) in [5, 5.41) is 0. The minimum atomic E-state index is -0.261. The summed E-state index contributed by atoms with van der Waals surface area (Å²) >= 11 is 0. The number of esters is 1. The zero-order chi connectivity index (χ0) is 20.9. The topological polar surface area (TPSA) is 35.5 Å². The first-order chi connectivity index (χ1) is 14.1. The Morgan fingerprint density at radius 1 is 1.07 bits per heavy atom. The molecular weight excluding hydrogens is 360 g/mol. The number of hydrogen-bond donors (Lipinski definition) is 0. The summed E-state index contributed by atoms with van der Waals surface area (Å²) < 4.78 is 11.2. The molecule has 0 aromatic heterocycles. The molecule has 1 aliphatic rings. The molecule has 0 spiro atoms. The smallest absolute Gasteiger partial charge is 0.338 e. The molecule has 29 heavy (non-hydrogen) atoms. The number of rotatable bonds is 12. The molecule has 0 N–H and O–H groups in total. The molecule has 1 unspecified atom stereocenters. The molecule has 2 rings (SSSR count). The highest BCUT2D eigenvalue weighted by molar-refractivity contribution is 5.89. The molecule has 0 aliphatic heterocycles. The average molecular weight is 401 g/mol. The molecule has 1 saturated carbocycles. The third kappa shape index (κ3) is 9.06. The highest BCUT2D eigenvalue weighted by Crippen LogP contribution is 2.32. The molecule has 0 saturated heterocycles. The lowest BCUT2D eigenvalue weighted by Gasteiger charge is -2.26. The van der Waals surface area contributed by atoms with Gasteiger partial charge >= 0.3 is 5.97 Å².